The summed E-state index contributed by atoms with van der Waals surface area (Å²) >= 11 is 1.60. The van der Waals surface area contributed by atoms with Crippen LogP contribution in [0, 0.1) is 13.8 Å². The normalized spacial score (nSPS) is 10.8. The molecule has 0 aliphatic heterocycles. The standard InChI is InChI=1S/C16H20N2OS/c1-5-20-16-17-12(3)14(15(19)18(16)4)10-13-8-6-7-11(2)9-13/h6-9H,5,10H2,1-4H3. The highest BCUT2D eigenvalue weighted by Crippen LogP contribution is 2.16. The van der Waals surface area contributed by atoms with Gasteiger partial charge in [-0.15, -0.1) is 0 Å². The lowest BCUT2D eigenvalue weighted by Crippen LogP contribution is -2.25. The first-order valence-corrected chi connectivity index (χ1v) is 7.76. The summed E-state index contributed by atoms with van der Waals surface area (Å²) < 4.78 is 1.66. The number of thioether (sulfide) groups is 1. The van der Waals surface area contributed by atoms with Gasteiger partial charge in [0, 0.05) is 24.7 Å². The van der Waals surface area contributed by atoms with Crippen molar-refractivity contribution in [2.75, 3.05) is 5.75 Å². The fraction of sp³-hybridized carbons (Fsp3) is 0.375. The molecule has 1 aromatic heterocycles. The molecule has 0 saturated heterocycles. The van der Waals surface area contributed by atoms with Gasteiger partial charge in [0.15, 0.2) is 5.16 Å². The van der Waals surface area contributed by atoms with Crippen LogP contribution >= 0.6 is 11.8 Å². The van der Waals surface area contributed by atoms with Gasteiger partial charge < -0.3 is 0 Å². The zero-order valence-electron chi connectivity index (χ0n) is 12.4. The lowest BCUT2D eigenvalue weighted by molar-refractivity contribution is 0.684. The van der Waals surface area contributed by atoms with Gasteiger partial charge in [-0.2, -0.15) is 0 Å². The third kappa shape index (κ3) is 3.12. The molecule has 0 unspecified atom stereocenters. The first-order valence-electron chi connectivity index (χ1n) is 6.77. The maximum absolute atomic E-state index is 12.5. The second-order valence-corrected chi connectivity index (χ2v) is 6.15. The molecule has 4 heteroatoms. The molecule has 0 bridgehead atoms. The zero-order chi connectivity index (χ0) is 14.7. The molecule has 0 saturated carbocycles. The van der Waals surface area contributed by atoms with Crippen molar-refractivity contribution in [3.05, 3.63) is 57.0 Å². The fourth-order valence-corrected chi connectivity index (χ4v) is 2.95. The minimum Gasteiger partial charge on any atom is -0.291 e. The molecule has 3 nitrogen and oxygen atoms in total. The molecule has 0 spiro atoms. The van der Waals surface area contributed by atoms with Crippen molar-refractivity contribution in [1.82, 2.24) is 9.55 Å². The van der Waals surface area contributed by atoms with Crippen LogP contribution in [0.4, 0.5) is 0 Å². The maximum atomic E-state index is 12.5. The second-order valence-electron chi connectivity index (χ2n) is 4.92. The largest absolute Gasteiger partial charge is 0.291 e. The van der Waals surface area contributed by atoms with Crippen molar-refractivity contribution in [3.63, 3.8) is 0 Å². The van der Waals surface area contributed by atoms with Crippen LogP contribution in [0.25, 0.3) is 0 Å². The van der Waals surface area contributed by atoms with Crippen molar-refractivity contribution in [3.8, 4) is 0 Å². The summed E-state index contributed by atoms with van der Waals surface area (Å²) in [7, 11) is 1.80. The number of hydrogen-bond donors (Lipinski definition) is 0. The summed E-state index contributed by atoms with van der Waals surface area (Å²) in [4.78, 5) is 17.1. The van der Waals surface area contributed by atoms with Crippen molar-refractivity contribution in [2.24, 2.45) is 7.05 Å². The summed E-state index contributed by atoms with van der Waals surface area (Å²) in [5, 5.41) is 0.794. The molecule has 1 aromatic carbocycles. The van der Waals surface area contributed by atoms with Crippen LogP contribution in [-0.4, -0.2) is 15.3 Å². The quantitative estimate of drug-likeness (QED) is 0.640. The monoisotopic (exact) mass is 288 g/mol. The van der Waals surface area contributed by atoms with E-state index in [0.29, 0.717) is 6.42 Å². The van der Waals surface area contributed by atoms with Gasteiger partial charge in [0.25, 0.3) is 5.56 Å². The number of nitrogens with zero attached hydrogens (tertiary/aromatic N) is 2. The van der Waals surface area contributed by atoms with Gasteiger partial charge in [-0.25, -0.2) is 4.98 Å². The van der Waals surface area contributed by atoms with E-state index < -0.39 is 0 Å². The summed E-state index contributed by atoms with van der Waals surface area (Å²) in [5.74, 6) is 0.914. The lowest BCUT2D eigenvalue weighted by atomic mass is 10.0. The van der Waals surface area contributed by atoms with Crippen LogP contribution in [0.3, 0.4) is 0 Å². The molecule has 20 heavy (non-hydrogen) atoms. The topological polar surface area (TPSA) is 34.9 Å². The SMILES string of the molecule is CCSc1nc(C)c(Cc2cccc(C)c2)c(=O)n1C. The Balaban J connectivity index is 2.43. The van der Waals surface area contributed by atoms with E-state index in [0.717, 1.165) is 27.7 Å². The summed E-state index contributed by atoms with van der Waals surface area (Å²) in [6, 6.07) is 8.26. The van der Waals surface area contributed by atoms with E-state index in [1.807, 2.05) is 13.0 Å². The van der Waals surface area contributed by atoms with E-state index in [-0.39, 0.29) is 5.56 Å². The van der Waals surface area contributed by atoms with Crippen molar-refractivity contribution >= 4 is 11.8 Å². The number of rotatable bonds is 4. The Morgan fingerprint density at radius 3 is 2.70 bits per heavy atom. The molecule has 0 radical (unpaired) electrons. The molecule has 0 atom stereocenters. The Kier molecular flexibility index (Phi) is 4.65. The minimum absolute atomic E-state index is 0.0648. The number of aromatic nitrogens is 2. The van der Waals surface area contributed by atoms with Gasteiger partial charge in [-0.3, -0.25) is 9.36 Å². The highest BCUT2D eigenvalue weighted by Gasteiger charge is 2.12. The molecule has 1 heterocycles. The van der Waals surface area contributed by atoms with Crippen LogP contribution in [0.15, 0.2) is 34.2 Å². The predicted octanol–water partition coefficient (Wildman–Crippen LogP) is 3.10. The van der Waals surface area contributed by atoms with Crippen molar-refractivity contribution < 1.29 is 0 Å². The highest BCUT2D eigenvalue weighted by molar-refractivity contribution is 7.99. The van der Waals surface area contributed by atoms with E-state index >= 15 is 0 Å². The van der Waals surface area contributed by atoms with Crippen LogP contribution in [0.5, 0.6) is 0 Å². The maximum Gasteiger partial charge on any atom is 0.257 e. The van der Waals surface area contributed by atoms with E-state index in [1.165, 1.54) is 5.56 Å². The smallest absolute Gasteiger partial charge is 0.257 e. The Labute approximate surface area is 124 Å². The third-order valence-electron chi connectivity index (χ3n) is 3.29. The van der Waals surface area contributed by atoms with Gasteiger partial charge in [0.2, 0.25) is 0 Å². The first kappa shape index (κ1) is 14.9. The second kappa shape index (κ2) is 6.27. The Morgan fingerprint density at radius 1 is 1.30 bits per heavy atom. The average Bonchev–Trinajstić information content (AvgIpc) is 2.41. The van der Waals surface area contributed by atoms with Crippen LogP contribution < -0.4 is 5.56 Å². The molecule has 106 valence electrons. The van der Waals surface area contributed by atoms with Gasteiger partial charge in [-0.05, 0) is 25.2 Å². The Morgan fingerprint density at radius 2 is 2.05 bits per heavy atom. The molecule has 0 aliphatic carbocycles. The molecule has 2 rings (SSSR count). The number of benzene rings is 1. The molecule has 0 aliphatic rings. The summed E-state index contributed by atoms with van der Waals surface area (Å²) in [5.41, 5.74) is 4.06. The Bertz CT molecular complexity index is 677. The van der Waals surface area contributed by atoms with E-state index in [2.05, 4.69) is 37.0 Å². The number of hydrogen-bond acceptors (Lipinski definition) is 3. The van der Waals surface area contributed by atoms with Crippen LogP contribution in [0.2, 0.25) is 0 Å². The Hall–Kier alpha value is -1.55. The zero-order valence-corrected chi connectivity index (χ0v) is 13.3. The molecule has 2 aromatic rings. The van der Waals surface area contributed by atoms with E-state index in [4.69, 9.17) is 0 Å². The van der Waals surface area contributed by atoms with Crippen LogP contribution in [-0.2, 0) is 13.5 Å². The van der Waals surface area contributed by atoms with E-state index in [9.17, 15) is 4.79 Å². The minimum atomic E-state index is 0.0648. The molecular formula is C16H20N2OS. The predicted molar refractivity (Wildman–Crippen MR) is 84.6 cm³/mol. The van der Waals surface area contributed by atoms with Gasteiger partial charge >= 0.3 is 0 Å². The molecule has 0 fully saturated rings. The van der Waals surface area contributed by atoms with Gasteiger partial charge in [-0.1, -0.05) is 48.5 Å². The average molecular weight is 288 g/mol. The van der Waals surface area contributed by atoms with Gasteiger partial charge in [0.1, 0.15) is 0 Å². The van der Waals surface area contributed by atoms with Gasteiger partial charge in [0.05, 0.1) is 0 Å². The fourth-order valence-electron chi connectivity index (χ4n) is 2.22. The summed E-state index contributed by atoms with van der Waals surface area (Å²) in [6.45, 7) is 6.05. The highest BCUT2D eigenvalue weighted by atomic mass is 32.2. The molecular weight excluding hydrogens is 268 g/mol. The van der Waals surface area contributed by atoms with Crippen LogP contribution in [0.1, 0.15) is 29.3 Å². The third-order valence-corrected chi connectivity index (χ3v) is 4.20. The van der Waals surface area contributed by atoms with Crippen molar-refractivity contribution in [2.45, 2.75) is 32.3 Å². The number of aryl methyl sites for hydroxylation is 2. The first-order chi connectivity index (χ1) is 9.52. The molecule has 0 amide bonds. The molecule has 0 N–H and O–H groups in total. The van der Waals surface area contributed by atoms with E-state index in [1.54, 1.807) is 23.4 Å². The lowest BCUT2D eigenvalue weighted by Gasteiger charge is -2.11. The van der Waals surface area contributed by atoms with Crippen molar-refractivity contribution in [1.29, 1.82) is 0 Å². The summed E-state index contributed by atoms with van der Waals surface area (Å²) in [6.07, 6.45) is 0.643.